The van der Waals surface area contributed by atoms with Crippen LogP contribution in [0.2, 0.25) is 0 Å². The molecule has 0 aromatic heterocycles. The second-order valence-corrected chi connectivity index (χ2v) is 4.60. The highest BCUT2D eigenvalue weighted by atomic mass is 16.5. The van der Waals surface area contributed by atoms with Gasteiger partial charge in [-0.25, -0.2) is 4.79 Å². The highest BCUT2D eigenvalue weighted by Gasteiger charge is 2.05. The Hall–Kier alpha value is -1.26. The van der Waals surface area contributed by atoms with E-state index in [1.165, 1.54) is 25.7 Å². The first-order valence-electron chi connectivity index (χ1n) is 7.38. The molecule has 0 saturated heterocycles. The minimum atomic E-state index is -0.375. The molecular weight excluding hydrogens is 244 g/mol. The number of carbonyl (C=O) groups is 2. The lowest BCUT2D eigenvalue weighted by molar-refractivity contribution is -0.142. The molecular formula is C14H28N2O3. The molecule has 0 aliphatic heterocycles. The fourth-order valence-electron chi connectivity index (χ4n) is 1.57. The van der Waals surface area contributed by atoms with Crippen molar-refractivity contribution in [2.24, 2.45) is 0 Å². The van der Waals surface area contributed by atoms with Crippen molar-refractivity contribution in [2.75, 3.05) is 19.7 Å². The quantitative estimate of drug-likeness (QED) is 0.449. The third-order valence-corrected chi connectivity index (χ3v) is 2.69. The van der Waals surface area contributed by atoms with Gasteiger partial charge in [0.15, 0.2) is 0 Å². The highest BCUT2D eigenvalue weighted by Crippen LogP contribution is 2.04. The molecule has 0 aromatic rings. The Morgan fingerprint density at radius 1 is 0.895 bits per heavy atom. The summed E-state index contributed by atoms with van der Waals surface area (Å²) in [5.41, 5.74) is 0. The van der Waals surface area contributed by atoms with Crippen LogP contribution in [0.3, 0.4) is 0 Å². The Morgan fingerprint density at radius 3 is 2.26 bits per heavy atom. The van der Waals surface area contributed by atoms with Crippen molar-refractivity contribution < 1.29 is 14.3 Å². The summed E-state index contributed by atoms with van der Waals surface area (Å²) in [7, 11) is 0. The summed E-state index contributed by atoms with van der Waals surface area (Å²) in [6.07, 6.45) is 7.83. The fraction of sp³-hybridized carbons (Fsp3) is 0.857. The molecule has 0 unspecified atom stereocenters. The fourth-order valence-corrected chi connectivity index (χ4v) is 1.57. The van der Waals surface area contributed by atoms with Gasteiger partial charge >= 0.3 is 12.0 Å². The van der Waals surface area contributed by atoms with Gasteiger partial charge in [0.05, 0.1) is 6.61 Å². The van der Waals surface area contributed by atoms with Crippen LogP contribution in [-0.4, -0.2) is 31.7 Å². The third kappa shape index (κ3) is 13.0. The summed E-state index contributed by atoms with van der Waals surface area (Å²) in [6.45, 7) is 5.15. The van der Waals surface area contributed by atoms with Crippen LogP contribution >= 0.6 is 0 Å². The van der Waals surface area contributed by atoms with Crippen LogP contribution in [0.15, 0.2) is 0 Å². The average molecular weight is 272 g/mol. The van der Waals surface area contributed by atoms with Crippen molar-refractivity contribution in [2.45, 2.75) is 58.8 Å². The zero-order chi connectivity index (χ0) is 14.3. The van der Waals surface area contributed by atoms with E-state index in [0.717, 1.165) is 19.3 Å². The van der Waals surface area contributed by atoms with Crippen molar-refractivity contribution in [3.05, 3.63) is 0 Å². The predicted molar refractivity (Wildman–Crippen MR) is 76.0 cm³/mol. The van der Waals surface area contributed by atoms with Gasteiger partial charge in [-0.05, 0) is 12.8 Å². The lowest BCUT2D eigenvalue weighted by Crippen LogP contribution is -2.39. The SMILES string of the molecule is CCCCCCCCOC(=O)CNC(=O)NCCC. The topological polar surface area (TPSA) is 67.4 Å². The Balaban J connectivity index is 3.32. The molecule has 0 aliphatic carbocycles. The first kappa shape index (κ1) is 17.7. The van der Waals surface area contributed by atoms with E-state index in [1.807, 2.05) is 6.92 Å². The Morgan fingerprint density at radius 2 is 1.58 bits per heavy atom. The zero-order valence-corrected chi connectivity index (χ0v) is 12.3. The van der Waals surface area contributed by atoms with Gasteiger partial charge < -0.3 is 15.4 Å². The maximum Gasteiger partial charge on any atom is 0.325 e. The Bertz CT molecular complexity index is 245. The van der Waals surface area contributed by atoms with Crippen LogP contribution in [0.4, 0.5) is 4.79 Å². The van der Waals surface area contributed by atoms with Crippen molar-refractivity contribution in [3.8, 4) is 0 Å². The predicted octanol–water partition coefficient (Wildman–Crippen LogP) is 2.60. The van der Waals surface area contributed by atoms with E-state index in [4.69, 9.17) is 4.74 Å². The van der Waals surface area contributed by atoms with Gasteiger partial charge in [0.1, 0.15) is 6.54 Å². The van der Waals surface area contributed by atoms with E-state index in [1.54, 1.807) is 0 Å². The molecule has 0 atom stereocenters. The van der Waals surface area contributed by atoms with Gasteiger partial charge in [-0.3, -0.25) is 4.79 Å². The van der Waals surface area contributed by atoms with Crippen LogP contribution in [0.5, 0.6) is 0 Å². The normalized spacial score (nSPS) is 10.0. The molecule has 0 heterocycles. The smallest absolute Gasteiger partial charge is 0.325 e. The van der Waals surface area contributed by atoms with Gasteiger partial charge in [0.25, 0.3) is 0 Å². The van der Waals surface area contributed by atoms with Gasteiger partial charge in [0, 0.05) is 6.54 Å². The zero-order valence-electron chi connectivity index (χ0n) is 12.3. The second kappa shape index (κ2) is 13.2. The molecule has 0 saturated carbocycles. The average Bonchev–Trinajstić information content (AvgIpc) is 2.41. The second-order valence-electron chi connectivity index (χ2n) is 4.60. The van der Waals surface area contributed by atoms with E-state index < -0.39 is 0 Å². The van der Waals surface area contributed by atoms with Crippen LogP contribution in [0.25, 0.3) is 0 Å². The Kier molecular flexibility index (Phi) is 12.3. The van der Waals surface area contributed by atoms with Gasteiger partial charge in [-0.1, -0.05) is 46.0 Å². The summed E-state index contributed by atoms with van der Waals surface area (Å²) in [5.74, 6) is -0.375. The summed E-state index contributed by atoms with van der Waals surface area (Å²) in [5, 5.41) is 5.09. The molecule has 0 fully saturated rings. The summed E-state index contributed by atoms with van der Waals surface area (Å²) < 4.78 is 5.02. The van der Waals surface area contributed by atoms with Crippen LogP contribution < -0.4 is 10.6 Å². The molecule has 5 nitrogen and oxygen atoms in total. The lowest BCUT2D eigenvalue weighted by atomic mass is 10.1. The van der Waals surface area contributed by atoms with E-state index in [9.17, 15) is 9.59 Å². The van der Waals surface area contributed by atoms with Gasteiger partial charge in [-0.15, -0.1) is 0 Å². The number of carbonyl (C=O) groups excluding carboxylic acids is 2. The maximum atomic E-state index is 11.3. The van der Waals surface area contributed by atoms with Crippen molar-refractivity contribution in [3.63, 3.8) is 0 Å². The lowest BCUT2D eigenvalue weighted by Gasteiger charge is -2.07. The largest absolute Gasteiger partial charge is 0.464 e. The first-order valence-corrected chi connectivity index (χ1v) is 7.38. The number of esters is 1. The number of nitrogens with one attached hydrogen (secondary N) is 2. The highest BCUT2D eigenvalue weighted by molar-refractivity contribution is 5.80. The molecule has 19 heavy (non-hydrogen) atoms. The summed E-state index contributed by atoms with van der Waals surface area (Å²) in [4.78, 5) is 22.4. The molecule has 112 valence electrons. The molecule has 0 aliphatic rings. The van der Waals surface area contributed by atoms with Crippen LogP contribution in [0.1, 0.15) is 58.8 Å². The van der Waals surface area contributed by atoms with Crippen molar-refractivity contribution >= 4 is 12.0 Å². The molecule has 0 rings (SSSR count). The third-order valence-electron chi connectivity index (χ3n) is 2.69. The number of rotatable bonds is 11. The monoisotopic (exact) mass is 272 g/mol. The number of unbranched alkanes of at least 4 members (excludes halogenated alkanes) is 5. The van der Waals surface area contributed by atoms with Gasteiger partial charge in [-0.2, -0.15) is 0 Å². The summed E-state index contributed by atoms with van der Waals surface area (Å²) >= 11 is 0. The van der Waals surface area contributed by atoms with Crippen LogP contribution in [-0.2, 0) is 9.53 Å². The molecule has 2 amide bonds. The van der Waals surface area contributed by atoms with Crippen molar-refractivity contribution in [1.29, 1.82) is 0 Å². The molecule has 5 heteroatoms. The summed E-state index contributed by atoms with van der Waals surface area (Å²) in [6, 6.07) is -0.321. The van der Waals surface area contributed by atoms with E-state index >= 15 is 0 Å². The molecule has 0 bridgehead atoms. The number of hydrogen-bond donors (Lipinski definition) is 2. The molecule has 0 radical (unpaired) electrons. The van der Waals surface area contributed by atoms with E-state index in [-0.39, 0.29) is 18.5 Å². The number of ether oxygens (including phenoxy) is 1. The van der Waals surface area contributed by atoms with E-state index in [0.29, 0.717) is 13.2 Å². The van der Waals surface area contributed by atoms with Crippen molar-refractivity contribution in [1.82, 2.24) is 10.6 Å². The van der Waals surface area contributed by atoms with E-state index in [2.05, 4.69) is 17.6 Å². The first-order chi connectivity index (χ1) is 9.20. The molecule has 0 aromatic carbocycles. The number of amides is 2. The number of hydrogen-bond acceptors (Lipinski definition) is 3. The minimum absolute atomic E-state index is 0.0641. The number of urea groups is 1. The van der Waals surface area contributed by atoms with Gasteiger partial charge in [0.2, 0.25) is 0 Å². The maximum absolute atomic E-state index is 11.3. The molecule has 0 spiro atoms. The minimum Gasteiger partial charge on any atom is -0.464 e. The Labute approximate surface area is 116 Å². The molecule has 2 N–H and O–H groups in total. The van der Waals surface area contributed by atoms with Crippen LogP contribution in [0, 0.1) is 0 Å². The standard InChI is InChI=1S/C14H28N2O3/c1-3-5-6-7-8-9-11-19-13(17)12-16-14(18)15-10-4-2/h3-12H2,1-2H3,(H2,15,16,18).